The predicted octanol–water partition coefficient (Wildman–Crippen LogP) is 2.78. The van der Waals surface area contributed by atoms with Gasteiger partial charge in [0, 0.05) is 30.0 Å². The second kappa shape index (κ2) is 8.32. The molecule has 20 heavy (non-hydrogen) atoms. The van der Waals surface area contributed by atoms with Crippen LogP contribution in [0.15, 0.2) is 53.8 Å². The van der Waals surface area contributed by atoms with Crippen molar-refractivity contribution in [1.82, 2.24) is 15.3 Å². The van der Waals surface area contributed by atoms with E-state index >= 15 is 0 Å². The Labute approximate surface area is 123 Å². The molecule has 0 spiro atoms. The number of thioether (sulfide) groups is 1. The van der Waals surface area contributed by atoms with Crippen LogP contribution in [0.4, 0.5) is 0 Å². The van der Waals surface area contributed by atoms with Crippen LogP contribution in [-0.2, 0) is 0 Å². The van der Waals surface area contributed by atoms with Crippen LogP contribution in [0, 0.1) is 0 Å². The summed E-state index contributed by atoms with van der Waals surface area (Å²) in [4.78, 5) is 20.9. The molecule has 2 aromatic rings. The Balaban J connectivity index is 1.57. The highest BCUT2D eigenvalue weighted by molar-refractivity contribution is 7.99. The number of hydrogen-bond donors (Lipinski definition) is 1. The van der Waals surface area contributed by atoms with Gasteiger partial charge in [0.25, 0.3) is 5.91 Å². The molecule has 2 heterocycles. The quantitative estimate of drug-likeness (QED) is 0.628. The zero-order valence-corrected chi connectivity index (χ0v) is 12.0. The molecule has 0 fully saturated rings. The fourth-order valence-corrected chi connectivity index (χ4v) is 2.54. The molecule has 2 rings (SSSR count). The fourth-order valence-electron chi connectivity index (χ4n) is 1.64. The van der Waals surface area contributed by atoms with Crippen LogP contribution in [0.1, 0.15) is 23.3 Å². The second-order valence-electron chi connectivity index (χ2n) is 4.21. The summed E-state index contributed by atoms with van der Waals surface area (Å²) in [6.45, 7) is 0.687. The first-order valence-electron chi connectivity index (χ1n) is 6.58. The highest BCUT2D eigenvalue weighted by Gasteiger charge is 2.04. The minimum atomic E-state index is -0.104. The summed E-state index contributed by atoms with van der Waals surface area (Å²) in [5.41, 5.74) is 0.471. The molecule has 2 aromatic heterocycles. The van der Waals surface area contributed by atoms with Crippen molar-refractivity contribution < 1.29 is 4.79 Å². The number of aromatic nitrogens is 2. The zero-order chi connectivity index (χ0) is 14.0. The van der Waals surface area contributed by atoms with E-state index in [0.29, 0.717) is 12.2 Å². The first kappa shape index (κ1) is 14.5. The van der Waals surface area contributed by atoms with E-state index in [0.717, 1.165) is 18.6 Å². The van der Waals surface area contributed by atoms with Crippen molar-refractivity contribution in [2.75, 3.05) is 12.3 Å². The van der Waals surface area contributed by atoms with E-state index in [-0.39, 0.29) is 5.91 Å². The largest absolute Gasteiger partial charge is 0.351 e. The van der Waals surface area contributed by atoms with Gasteiger partial charge in [0.1, 0.15) is 5.69 Å². The van der Waals surface area contributed by atoms with Gasteiger partial charge in [-0.1, -0.05) is 6.07 Å². The third-order valence-corrected chi connectivity index (χ3v) is 3.77. The van der Waals surface area contributed by atoms with Crippen LogP contribution < -0.4 is 5.32 Å². The van der Waals surface area contributed by atoms with E-state index in [2.05, 4.69) is 15.3 Å². The molecule has 0 unspecified atom stereocenters. The molecule has 0 aliphatic heterocycles. The topological polar surface area (TPSA) is 54.9 Å². The number of amides is 1. The monoisotopic (exact) mass is 287 g/mol. The molecule has 0 saturated carbocycles. The lowest BCUT2D eigenvalue weighted by atomic mass is 10.3. The molecule has 0 aliphatic rings. The summed E-state index contributed by atoms with van der Waals surface area (Å²) in [5.74, 6) is 0.941. The maximum Gasteiger partial charge on any atom is 0.269 e. The molecule has 104 valence electrons. The first-order chi connectivity index (χ1) is 9.86. The maximum absolute atomic E-state index is 11.7. The molecular weight excluding hydrogens is 270 g/mol. The van der Waals surface area contributed by atoms with E-state index in [1.165, 1.54) is 4.90 Å². The fraction of sp³-hybridized carbons (Fsp3) is 0.267. The van der Waals surface area contributed by atoms with Gasteiger partial charge >= 0.3 is 0 Å². The molecule has 0 radical (unpaired) electrons. The minimum Gasteiger partial charge on any atom is -0.351 e. The van der Waals surface area contributed by atoms with Gasteiger partial charge in [-0.15, -0.1) is 11.8 Å². The van der Waals surface area contributed by atoms with Crippen LogP contribution in [-0.4, -0.2) is 28.2 Å². The summed E-state index contributed by atoms with van der Waals surface area (Å²) in [6, 6.07) is 9.34. The Morgan fingerprint density at radius 2 is 1.95 bits per heavy atom. The van der Waals surface area contributed by atoms with E-state index in [1.54, 1.807) is 30.7 Å². The van der Waals surface area contributed by atoms with Crippen molar-refractivity contribution in [2.45, 2.75) is 17.7 Å². The Morgan fingerprint density at radius 3 is 2.70 bits per heavy atom. The Morgan fingerprint density at radius 1 is 1.10 bits per heavy atom. The molecule has 0 aromatic carbocycles. The molecule has 0 aliphatic carbocycles. The lowest BCUT2D eigenvalue weighted by Crippen LogP contribution is -2.25. The van der Waals surface area contributed by atoms with Gasteiger partial charge in [-0.2, -0.15) is 0 Å². The molecule has 1 N–H and O–H groups in total. The average molecular weight is 287 g/mol. The van der Waals surface area contributed by atoms with Gasteiger partial charge in [-0.25, -0.2) is 0 Å². The third kappa shape index (κ3) is 5.01. The first-order valence-corrected chi connectivity index (χ1v) is 7.57. The summed E-state index contributed by atoms with van der Waals surface area (Å²) in [6.07, 6.45) is 7.26. The Hall–Kier alpha value is -1.88. The third-order valence-electron chi connectivity index (χ3n) is 2.67. The summed E-state index contributed by atoms with van der Waals surface area (Å²) in [7, 11) is 0. The highest BCUT2D eigenvalue weighted by Crippen LogP contribution is 2.17. The van der Waals surface area contributed by atoms with Crippen LogP contribution >= 0.6 is 11.8 Å². The lowest BCUT2D eigenvalue weighted by Gasteiger charge is -2.04. The predicted molar refractivity (Wildman–Crippen MR) is 80.8 cm³/mol. The Kier molecular flexibility index (Phi) is 6.05. The van der Waals surface area contributed by atoms with Crippen molar-refractivity contribution in [2.24, 2.45) is 0 Å². The van der Waals surface area contributed by atoms with E-state index < -0.39 is 0 Å². The van der Waals surface area contributed by atoms with Crippen molar-refractivity contribution in [3.63, 3.8) is 0 Å². The van der Waals surface area contributed by atoms with E-state index in [4.69, 9.17) is 0 Å². The number of rotatable bonds is 7. The maximum atomic E-state index is 11.7. The van der Waals surface area contributed by atoms with Gasteiger partial charge in [0.05, 0.1) is 0 Å². The lowest BCUT2D eigenvalue weighted by molar-refractivity contribution is 0.0948. The van der Waals surface area contributed by atoms with Gasteiger partial charge in [0.2, 0.25) is 0 Å². The number of carbonyl (C=O) groups is 1. The van der Waals surface area contributed by atoms with Crippen molar-refractivity contribution >= 4 is 17.7 Å². The van der Waals surface area contributed by atoms with Gasteiger partial charge in [0.15, 0.2) is 0 Å². The summed E-state index contributed by atoms with van der Waals surface area (Å²) in [5, 5.41) is 2.88. The number of hydrogen-bond acceptors (Lipinski definition) is 4. The summed E-state index contributed by atoms with van der Waals surface area (Å²) >= 11 is 1.81. The average Bonchev–Trinajstić information content (AvgIpc) is 2.52. The Bertz CT molecular complexity index is 519. The highest BCUT2D eigenvalue weighted by atomic mass is 32.2. The van der Waals surface area contributed by atoms with Crippen LogP contribution in [0.2, 0.25) is 0 Å². The molecular formula is C15H17N3OS. The number of nitrogens with zero attached hydrogens (tertiary/aromatic N) is 2. The smallest absolute Gasteiger partial charge is 0.269 e. The molecule has 5 heteroatoms. The normalized spacial score (nSPS) is 10.2. The van der Waals surface area contributed by atoms with Crippen molar-refractivity contribution in [1.29, 1.82) is 0 Å². The van der Waals surface area contributed by atoms with E-state index in [1.807, 2.05) is 30.0 Å². The van der Waals surface area contributed by atoms with Crippen LogP contribution in [0.25, 0.3) is 0 Å². The van der Waals surface area contributed by atoms with Gasteiger partial charge < -0.3 is 5.32 Å². The molecule has 1 amide bonds. The number of carbonyl (C=O) groups excluding carboxylic acids is 1. The molecule has 0 saturated heterocycles. The molecule has 0 atom stereocenters. The van der Waals surface area contributed by atoms with E-state index in [9.17, 15) is 4.79 Å². The van der Waals surface area contributed by atoms with Crippen LogP contribution in [0.5, 0.6) is 0 Å². The molecule has 0 bridgehead atoms. The number of pyridine rings is 2. The zero-order valence-electron chi connectivity index (χ0n) is 11.2. The van der Waals surface area contributed by atoms with Gasteiger partial charge in [-0.3, -0.25) is 14.8 Å². The second-order valence-corrected chi connectivity index (χ2v) is 5.38. The standard InChI is InChI=1S/C15H17N3OS/c19-15(14-5-1-2-8-17-14)18-9-3-4-12-20-13-6-10-16-11-7-13/h1-2,5-8,10-11H,3-4,9,12H2,(H,18,19). The van der Waals surface area contributed by atoms with Gasteiger partial charge in [-0.05, 0) is 42.9 Å². The van der Waals surface area contributed by atoms with Crippen molar-refractivity contribution in [3.8, 4) is 0 Å². The molecule has 4 nitrogen and oxygen atoms in total. The van der Waals surface area contributed by atoms with Crippen LogP contribution in [0.3, 0.4) is 0 Å². The SMILES string of the molecule is O=C(NCCCCSc1ccncc1)c1ccccn1. The number of nitrogens with one attached hydrogen (secondary N) is 1. The van der Waals surface area contributed by atoms with Crippen molar-refractivity contribution in [3.05, 3.63) is 54.6 Å². The minimum absolute atomic E-state index is 0.104. The number of unbranched alkanes of at least 4 members (excludes halogenated alkanes) is 1. The summed E-state index contributed by atoms with van der Waals surface area (Å²) < 4.78 is 0.